The minimum atomic E-state index is -1.16. The Bertz CT molecular complexity index is 1460. The molecule has 5 rings (SSSR count). The van der Waals surface area contributed by atoms with Crippen molar-refractivity contribution in [1.82, 2.24) is 21.3 Å². The Morgan fingerprint density at radius 1 is 0.889 bits per heavy atom. The second-order valence-corrected chi connectivity index (χ2v) is 11.5. The van der Waals surface area contributed by atoms with Crippen LogP contribution in [0.1, 0.15) is 41.8 Å². The third-order valence-corrected chi connectivity index (χ3v) is 7.30. The van der Waals surface area contributed by atoms with Gasteiger partial charge in [0, 0.05) is 24.9 Å². The second-order valence-electron chi connectivity index (χ2n) is 11.5. The fraction of sp³-hybridized carbons (Fsp3) is 0.353. The summed E-state index contributed by atoms with van der Waals surface area (Å²) in [6.45, 7) is 3.07. The molecule has 3 aromatic rings. The van der Waals surface area contributed by atoms with E-state index in [2.05, 4.69) is 21.3 Å². The van der Waals surface area contributed by atoms with Crippen LogP contribution in [0.5, 0.6) is 11.5 Å². The van der Waals surface area contributed by atoms with Gasteiger partial charge in [0.2, 0.25) is 17.7 Å². The van der Waals surface area contributed by atoms with Gasteiger partial charge < -0.3 is 36.2 Å². The van der Waals surface area contributed by atoms with E-state index < -0.39 is 54.5 Å². The lowest BCUT2D eigenvalue weighted by atomic mass is 9.99. The van der Waals surface area contributed by atoms with E-state index in [1.165, 1.54) is 0 Å². The molecular formula is C34H40N4O7. The van der Waals surface area contributed by atoms with Gasteiger partial charge in [-0.1, -0.05) is 62.4 Å². The summed E-state index contributed by atoms with van der Waals surface area (Å²) in [5, 5.41) is 29.9. The second kappa shape index (κ2) is 15.8. The van der Waals surface area contributed by atoms with Crippen molar-refractivity contribution in [3.8, 4) is 11.5 Å². The van der Waals surface area contributed by atoms with Crippen LogP contribution in [-0.2, 0) is 27.2 Å². The summed E-state index contributed by atoms with van der Waals surface area (Å²) in [6.07, 6.45) is -0.606. The molecule has 4 amide bonds. The third kappa shape index (κ3) is 9.88. The first kappa shape index (κ1) is 33.2. The van der Waals surface area contributed by atoms with Gasteiger partial charge >= 0.3 is 0 Å². The topological polar surface area (TPSA) is 166 Å². The maximum absolute atomic E-state index is 13.8. The number of hydrogen-bond donors (Lipinski definition) is 6. The molecule has 0 saturated heterocycles. The molecule has 0 radical (unpaired) electrons. The van der Waals surface area contributed by atoms with E-state index in [1.807, 2.05) is 44.2 Å². The Morgan fingerprint density at radius 3 is 2.29 bits per heavy atom. The monoisotopic (exact) mass is 616 g/mol. The number of aliphatic hydroxyl groups is 2. The van der Waals surface area contributed by atoms with Gasteiger partial charge in [-0.3, -0.25) is 19.2 Å². The lowest BCUT2D eigenvalue weighted by Crippen LogP contribution is -2.58. The summed E-state index contributed by atoms with van der Waals surface area (Å²) in [5.41, 5.74) is 1.83. The predicted octanol–water partition coefficient (Wildman–Crippen LogP) is 1.86. The van der Waals surface area contributed by atoms with Crippen LogP contribution in [0.25, 0.3) is 0 Å². The molecule has 2 aliphatic rings. The van der Waals surface area contributed by atoms with Crippen molar-refractivity contribution in [2.75, 3.05) is 13.2 Å². The minimum absolute atomic E-state index is 0.00309. The number of nitrogens with one attached hydrogen (secondary N) is 4. The lowest BCUT2D eigenvalue weighted by Gasteiger charge is -2.27. The Labute approximate surface area is 262 Å². The highest BCUT2D eigenvalue weighted by atomic mass is 16.5. The van der Waals surface area contributed by atoms with Crippen molar-refractivity contribution in [2.24, 2.45) is 5.92 Å². The summed E-state index contributed by atoms with van der Waals surface area (Å²) < 4.78 is 5.97. The Balaban J connectivity index is 1.70. The predicted molar refractivity (Wildman–Crippen MR) is 167 cm³/mol. The Kier molecular flexibility index (Phi) is 11.7. The van der Waals surface area contributed by atoms with E-state index in [9.17, 15) is 24.3 Å². The lowest BCUT2D eigenvalue weighted by molar-refractivity contribution is -0.133. The van der Waals surface area contributed by atoms with Gasteiger partial charge in [-0.25, -0.2) is 0 Å². The molecule has 6 N–H and O–H groups in total. The van der Waals surface area contributed by atoms with Crippen molar-refractivity contribution >= 4 is 23.6 Å². The molecule has 4 atom stereocenters. The maximum atomic E-state index is 13.8. The van der Waals surface area contributed by atoms with Gasteiger partial charge in [0.15, 0.2) is 0 Å². The number of carbonyl (C=O) groups excluding carboxylic acids is 4. The first-order valence-corrected chi connectivity index (χ1v) is 15.0. The van der Waals surface area contributed by atoms with E-state index in [-0.39, 0.29) is 31.7 Å². The van der Waals surface area contributed by atoms with Gasteiger partial charge in [-0.05, 0) is 53.8 Å². The molecule has 0 spiro atoms. The molecule has 4 bridgehead atoms. The SMILES string of the molecule is CC(C)C[C@@H]1NC(=O)[C@@H](Cc2ccccc2)NC(=O)c2cccc(c2)Oc2ccc(cc2)C[C@@H](C(=O)NC[C@@H](O)CO)NC1=O. The van der Waals surface area contributed by atoms with Crippen molar-refractivity contribution < 1.29 is 34.1 Å². The smallest absolute Gasteiger partial charge is 0.252 e. The molecule has 0 fully saturated rings. The zero-order chi connectivity index (χ0) is 32.3. The zero-order valence-corrected chi connectivity index (χ0v) is 25.4. The summed E-state index contributed by atoms with van der Waals surface area (Å²) in [6, 6.07) is 19.7. The molecule has 2 aliphatic heterocycles. The summed E-state index contributed by atoms with van der Waals surface area (Å²) in [7, 11) is 0. The normalized spacial score (nSPS) is 19.8. The molecule has 0 saturated carbocycles. The molecule has 0 aromatic heterocycles. The highest BCUT2D eigenvalue weighted by Crippen LogP contribution is 2.23. The molecule has 11 heteroatoms. The highest BCUT2D eigenvalue weighted by molar-refractivity contribution is 5.99. The fourth-order valence-electron chi connectivity index (χ4n) is 4.93. The van der Waals surface area contributed by atoms with Crippen LogP contribution in [0, 0.1) is 5.92 Å². The van der Waals surface area contributed by atoms with Gasteiger partial charge in [0.05, 0.1) is 12.7 Å². The van der Waals surface area contributed by atoms with E-state index in [0.717, 1.165) is 5.56 Å². The standard InChI is InChI=1S/C34H40N4O7/c1-21(2)15-28-33(43)38-29(32(42)35-19-25(40)20-39)17-23-11-13-26(14-12-23)45-27-10-6-9-24(18-27)31(41)36-30(34(44)37-28)16-22-7-4-3-5-8-22/h3-14,18,21,25,28-30,39-40H,15-17,19-20H2,1-2H3,(H,35,42)(H,36,41)(H,37,44)(H,38,43)/t25-,28+,29+,30-/m1/s1. The van der Waals surface area contributed by atoms with Crippen molar-refractivity contribution in [2.45, 2.75) is 57.3 Å². The first-order valence-electron chi connectivity index (χ1n) is 15.0. The first-order chi connectivity index (χ1) is 21.6. The molecule has 3 aromatic carbocycles. The van der Waals surface area contributed by atoms with Crippen LogP contribution < -0.4 is 26.0 Å². The molecule has 2 heterocycles. The van der Waals surface area contributed by atoms with Crippen LogP contribution in [0.3, 0.4) is 0 Å². The number of rotatable bonds is 8. The average Bonchev–Trinajstić information content (AvgIpc) is 3.03. The molecular weight excluding hydrogens is 576 g/mol. The van der Waals surface area contributed by atoms with Crippen LogP contribution in [0.4, 0.5) is 0 Å². The molecule has 0 unspecified atom stereocenters. The molecule has 0 aliphatic carbocycles. The van der Waals surface area contributed by atoms with Crippen LogP contribution >= 0.6 is 0 Å². The Hall–Kier alpha value is -4.74. The summed E-state index contributed by atoms with van der Waals surface area (Å²) >= 11 is 0. The van der Waals surface area contributed by atoms with Crippen LogP contribution in [0.15, 0.2) is 78.9 Å². The number of fused-ring (bicyclic) bond motifs is 11. The number of ether oxygens (including phenoxy) is 1. The van der Waals surface area contributed by atoms with E-state index in [4.69, 9.17) is 9.84 Å². The van der Waals surface area contributed by atoms with Crippen molar-refractivity contribution in [3.63, 3.8) is 0 Å². The maximum Gasteiger partial charge on any atom is 0.252 e. The summed E-state index contributed by atoms with van der Waals surface area (Å²) in [4.78, 5) is 54.1. The van der Waals surface area contributed by atoms with E-state index >= 15 is 0 Å². The summed E-state index contributed by atoms with van der Waals surface area (Å²) in [5.74, 6) is -1.26. The van der Waals surface area contributed by atoms with Gasteiger partial charge in [-0.15, -0.1) is 0 Å². The van der Waals surface area contributed by atoms with Gasteiger partial charge in [0.1, 0.15) is 29.6 Å². The number of amides is 4. The molecule has 238 valence electrons. The average molecular weight is 617 g/mol. The van der Waals surface area contributed by atoms with Gasteiger partial charge in [0.25, 0.3) is 5.91 Å². The molecule has 45 heavy (non-hydrogen) atoms. The fourth-order valence-corrected chi connectivity index (χ4v) is 4.93. The van der Waals surface area contributed by atoms with Crippen LogP contribution in [0.2, 0.25) is 0 Å². The van der Waals surface area contributed by atoms with E-state index in [1.54, 1.807) is 48.5 Å². The highest BCUT2D eigenvalue weighted by Gasteiger charge is 2.31. The Morgan fingerprint density at radius 2 is 1.60 bits per heavy atom. The number of benzene rings is 3. The largest absolute Gasteiger partial charge is 0.457 e. The number of carbonyl (C=O) groups is 4. The molecule has 11 nitrogen and oxygen atoms in total. The zero-order valence-electron chi connectivity index (χ0n) is 25.4. The van der Waals surface area contributed by atoms with E-state index in [0.29, 0.717) is 22.6 Å². The minimum Gasteiger partial charge on any atom is -0.457 e. The van der Waals surface area contributed by atoms with Gasteiger partial charge in [-0.2, -0.15) is 0 Å². The quantitative estimate of drug-likeness (QED) is 0.210. The van der Waals surface area contributed by atoms with Crippen molar-refractivity contribution in [3.05, 3.63) is 95.6 Å². The van der Waals surface area contributed by atoms with Crippen LogP contribution in [-0.4, -0.2) is 71.2 Å². The van der Waals surface area contributed by atoms with Crippen molar-refractivity contribution in [1.29, 1.82) is 0 Å². The number of hydrogen-bond acceptors (Lipinski definition) is 7. The number of aliphatic hydroxyl groups excluding tert-OH is 2. The third-order valence-electron chi connectivity index (χ3n) is 7.30.